The van der Waals surface area contributed by atoms with E-state index in [1.807, 2.05) is 43.0 Å². The zero-order valence-corrected chi connectivity index (χ0v) is 19.3. The zero-order valence-electron chi connectivity index (χ0n) is 17.7. The molecule has 2 aliphatic heterocycles. The van der Waals surface area contributed by atoms with Crippen LogP contribution >= 0.6 is 11.6 Å². The van der Waals surface area contributed by atoms with Gasteiger partial charge in [0.15, 0.2) is 0 Å². The molecule has 0 aromatic heterocycles. The van der Waals surface area contributed by atoms with Crippen molar-refractivity contribution in [2.24, 2.45) is 4.40 Å². The molecule has 4 rings (SSSR count). The molecule has 164 valence electrons. The van der Waals surface area contributed by atoms with E-state index in [1.165, 1.54) is 6.07 Å². The lowest BCUT2D eigenvalue weighted by Crippen LogP contribution is -2.36. The van der Waals surface area contributed by atoms with Crippen LogP contribution < -0.4 is 10.2 Å². The molecule has 0 saturated carbocycles. The molecule has 1 amide bonds. The minimum atomic E-state index is -3.88. The van der Waals surface area contributed by atoms with Crippen molar-refractivity contribution in [3.05, 3.63) is 58.1 Å². The molecule has 0 aliphatic carbocycles. The molecule has 0 unspecified atom stereocenters. The van der Waals surface area contributed by atoms with E-state index in [1.54, 1.807) is 6.07 Å². The Morgan fingerprint density at radius 2 is 1.94 bits per heavy atom. The Kier molecular flexibility index (Phi) is 6.08. The van der Waals surface area contributed by atoms with Crippen LogP contribution in [-0.4, -0.2) is 26.7 Å². The van der Waals surface area contributed by atoms with E-state index < -0.39 is 15.9 Å². The number of benzene rings is 2. The van der Waals surface area contributed by atoms with Crippen LogP contribution in [0.3, 0.4) is 0 Å². The lowest BCUT2D eigenvalue weighted by molar-refractivity contribution is 0.0935. The Labute approximate surface area is 188 Å². The number of anilines is 1. The minimum Gasteiger partial charge on any atom is -0.345 e. The molecular formula is C23H26ClN3O3S. The average Bonchev–Trinajstić information content (AvgIpc) is 2.97. The number of nitrogens with zero attached hydrogens (tertiary/aromatic N) is 2. The average molecular weight is 460 g/mol. The fourth-order valence-electron chi connectivity index (χ4n) is 4.13. The molecule has 6 nitrogen and oxygen atoms in total. The SMILES string of the molecule is CC[C@@H](NC(=O)c1cc2c(cc1Cl)N1CCCCCC1=NS2(=O)=O)c1ccc(C)cc1. The zero-order chi connectivity index (χ0) is 22.2. The largest absolute Gasteiger partial charge is 0.345 e. The van der Waals surface area contributed by atoms with E-state index in [-0.39, 0.29) is 21.5 Å². The van der Waals surface area contributed by atoms with Crippen LogP contribution in [0.5, 0.6) is 0 Å². The number of amides is 1. The van der Waals surface area contributed by atoms with E-state index in [4.69, 9.17) is 11.6 Å². The molecule has 0 radical (unpaired) electrons. The molecule has 31 heavy (non-hydrogen) atoms. The summed E-state index contributed by atoms with van der Waals surface area (Å²) >= 11 is 6.49. The van der Waals surface area contributed by atoms with Gasteiger partial charge in [0.1, 0.15) is 10.7 Å². The van der Waals surface area contributed by atoms with Gasteiger partial charge in [0, 0.05) is 13.0 Å². The summed E-state index contributed by atoms with van der Waals surface area (Å²) in [7, 11) is -3.88. The van der Waals surface area contributed by atoms with Crippen molar-refractivity contribution in [3.63, 3.8) is 0 Å². The second kappa shape index (κ2) is 8.63. The number of sulfonamides is 1. The smallest absolute Gasteiger partial charge is 0.286 e. The van der Waals surface area contributed by atoms with Gasteiger partial charge >= 0.3 is 0 Å². The number of carbonyl (C=O) groups is 1. The molecule has 1 N–H and O–H groups in total. The molecular weight excluding hydrogens is 434 g/mol. The summed E-state index contributed by atoms with van der Waals surface area (Å²) in [4.78, 5) is 15.0. The van der Waals surface area contributed by atoms with Crippen LogP contribution in [0.1, 0.15) is 66.6 Å². The van der Waals surface area contributed by atoms with Crippen molar-refractivity contribution < 1.29 is 13.2 Å². The number of hydrogen-bond acceptors (Lipinski definition) is 4. The number of aryl methyl sites for hydroxylation is 1. The van der Waals surface area contributed by atoms with Gasteiger partial charge in [-0.15, -0.1) is 4.40 Å². The highest BCUT2D eigenvalue weighted by Crippen LogP contribution is 2.38. The van der Waals surface area contributed by atoms with Crippen molar-refractivity contribution in [3.8, 4) is 0 Å². The third kappa shape index (κ3) is 4.34. The van der Waals surface area contributed by atoms with Gasteiger partial charge in [-0.1, -0.05) is 54.8 Å². The fourth-order valence-corrected chi connectivity index (χ4v) is 5.64. The number of rotatable bonds is 4. The summed E-state index contributed by atoms with van der Waals surface area (Å²) < 4.78 is 29.8. The van der Waals surface area contributed by atoms with Crippen molar-refractivity contribution in [2.45, 2.75) is 56.9 Å². The maximum atomic E-state index is 13.1. The molecule has 2 aliphatic rings. The van der Waals surface area contributed by atoms with Crippen LogP contribution in [0.25, 0.3) is 0 Å². The standard InChI is InChI=1S/C23H26ClN3O3S/c1-3-19(16-10-8-15(2)9-11-16)25-23(28)17-13-21-20(14-18(17)24)27-12-6-4-5-7-22(27)26-31(21,29)30/h8-11,13-14,19H,3-7,12H2,1-2H3,(H,25,28)/t19-/m1/s1. The number of fused-ring (bicyclic) bond motifs is 3. The highest BCUT2D eigenvalue weighted by Gasteiger charge is 2.33. The van der Waals surface area contributed by atoms with E-state index in [0.29, 0.717) is 30.9 Å². The molecule has 2 heterocycles. The van der Waals surface area contributed by atoms with Gasteiger partial charge in [0.25, 0.3) is 15.9 Å². The van der Waals surface area contributed by atoms with Gasteiger partial charge in [0.05, 0.1) is 22.3 Å². The summed E-state index contributed by atoms with van der Waals surface area (Å²) in [6, 6.07) is 10.7. The first-order valence-electron chi connectivity index (χ1n) is 10.6. The summed E-state index contributed by atoms with van der Waals surface area (Å²) in [5.41, 5.74) is 2.78. The normalized spacial score (nSPS) is 18.3. The molecule has 1 saturated heterocycles. The third-order valence-electron chi connectivity index (χ3n) is 5.87. The predicted molar refractivity (Wildman–Crippen MR) is 124 cm³/mol. The number of amidine groups is 1. The Balaban J connectivity index is 1.68. The van der Waals surface area contributed by atoms with Crippen molar-refractivity contribution in [1.82, 2.24) is 5.32 Å². The first-order chi connectivity index (χ1) is 14.8. The Morgan fingerprint density at radius 3 is 2.65 bits per heavy atom. The molecule has 2 aromatic carbocycles. The van der Waals surface area contributed by atoms with Crippen molar-refractivity contribution in [1.29, 1.82) is 0 Å². The maximum absolute atomic E-state index is 13.1. The molecule has 0 bridgehead atoms. The topological polar surface area (TPSA) is 78.8 Å². The fraction of sp³-hybridized carbons (Fsp3) is 0.391. The minimum absolute atomic E-state index is 0.0380. The van der Waals surface area contributed by atoms with Crippen LogP contribution in [0.4, 0.5) is 5.69 Å². The first-order valence-corrected chi connectivity index (χ1v) is 12.4. The summed E-state index contributed by atoms with van der Waals surface area (Å²) in [5.74, 6) is 0.157. The summed E-state index contributed by atoms with van der Waals surface area (Å²) in [6.07, 6.45) is 4.19. The Bertz CT molecular complexity index is 1140. The highest BCUT2D eigenvalue weighted by molar-refractivity contribution is 7.90. The van der Waals surface area contributed by atoms with E-state index in [0.717, 1.165) is 30.4 Å². The van der Waals surface area contributed by atoms with Crippen molar-refractivity contribution in [2.75, 3.05) is 11.4 Å². The van der Waals surface area contributed by atoms with E-state index in [9.17, 15) is 13.2 Å². The molecule has 0 spiro atoms. The van der Waals surface area contributed by atoms with Gasteiger partial charge in [-0.25, -0.2) is 0 Å². The van der Waals surface area contributed by atoms with E-state index >= 15 is 0 Å². The quantitative estimate of drug-likeness (QED) is 0.696. The van der Waals surface area contributed by atoms with E-state index in [2.05, 4.69) is 9.71 Å². The maximum Gasteiger partial charge on any atom is 0.286 e. The van der Waals surface area contributed by atoms with Gasteiger partial charge in [0.2, 0.25) is 0 Å². The lowest BCUT2D eigenvalue weighted by atomic mass is 10.0. The number of nitrogens with one attached hydrogen (secondary N) is 1. The highest BCUT2D eigenvalue weighted by atomic mass is 35.5. The van der Waals surface area contributed by atoms with Gasteiger partial charge in [-0.2, -0.15) is 8.42 Å². The third-order valence-corrected chi connectivity index (χ3v) is 7.52. The number of hydrogen-bond donors (Lipinski definition) is 1. The van der Waals surface area contributed by atoms with Crippen molar-refractivity contribution >= 4 is 39.1 Å². The summed E-state index contributed by atoms with van der Waals surface area (Å²) in [5, 5.41) is 3.22. The Morgan fingerprint density at radius 1 is 1.19 bits per heavy atom. The summed E-state index contributed by atoms with van der Waals surface area (Å²) in [6.45, 7) is 4.68. The predicted octanol–water partition coefficient (Wildman–Crippen LogP) is 5.01. The second-order valence-corrected chi connectivity index (χ2v) is 10.1. The van der Waals surface area contributed by atoms with Crippen LogP contribution in [0.2, 0.25) is 5.02 Å². The molecule has 8 heteroatoms. The van der Waals surface area contributed by atoms with Crippen LogP contribution in [0.15, 0.2) is 45.7 Å². The number of halogens is 1. The van der Waals surface area contributed by atoms with Gasteiger partial charge in [-0.05, 0) is 43.9 Å². The second-order valence-electron chi connectivity index (χ2n) is 8.09. The monoisotopic (exact) mass is 459 g/mol. The number of carbonyl (C=O) groups excluding carboxylic acids is 1. The lowest BCUT2D eigenvalue weighted by Gasteiger charge is -2.30. The molecule has 1 atom stereocenters. The molecule has 1 fully saturated rings. The Hall–Kier alpha value is -2.38. The van der Waals surface area contributed by atoms with Gasteiger partial charge in [-0.3, -0.25) is 4.79 Å². The van der Waals surface area contributed by atoms with Gasteiger partial charge < -0.3 is 10.2 Å². The molecule has 2 aromatic rings. The first kappa shape index (κ1) is 21.8. The van der Waals surface area contributed by atoms with Crippen LogP contribution in [-0.2, 0) is 10.0 Å². The van der Waals surface area contributed by atoms with Crippen LogP contribution in [0, 0.1) is 6.92 Å².